The number of nitriles is 2. The molecular weight excluding hydrogens is 290 g/mol. The number of ether oxygens (including phenoxy) is 1. The lowest BCUT2D eigenvalue weighted by atomic mass is 10.1. The van der Waals surface area contributed by atoms with Gasteiger partial charge < -0.3 is 10.1 Å². The summed E-state index contributed by atoms with van der Waals surface area (Å²) in [5.41, 5.74) is 1.11. The third-order valence-electron chi connectivity index (χ3n) is 2.91. The van der Waals surface area contributed by atoms with Crippen LogP contribution in [-0.2, 0) is 4.79 Å². The van der Waals surface area contributed by atoms with Crippen molar-refractivity contribution < 1.29 is 9.53 Å². The van der Waals surface area contributed by atoms with E-state index in [1.165, 1.54) is 6.08 Å². The van der Waals surface area contributed by atoms with Gasteiger partial charge in [0.1, 0.15) is 23.5 Å². The highest BCUT2D eigenvalue weighted by Gasteiger charge is 2.11. The lowest BCUT2D eigenvalue weighted by molar-refractivity contribution is -0.112. The minimum absolute atomic E-state index is 0.0538. The van der Waals surface area contributed by atoms with Gasteiger partial charge in [0.05, 0.1) is 0 Å². The third kappa shape index (κ3) is 4.45. The maximum Gasteiger partial charge on any atom is 0.266 e. The Morgan fingerprint density at radius 1 is 1.09 bits per heavy atom. The fraction of sp³-hybridized carbons (Fsp3) is 0.0556. The zero-order chi connectivity index (χ0) is 16.5. The van der Waals surface area contributed by atoms with E-state index in [-0.39, 0.29) is 12.2 Å². The van der Waals surface area contributed by atoms with Gasteiger partial charge in [-0.1, -0.05) is 36.4 Å². The molecule has 1 amide bonds. The number of anilines is 1. The molecule has 2 aromatic rings. The van der Waals surface area contributed by atoms with E-state index >= 15 is 0 Å². The Balaban J connectivity index is 2.24. The van der Waals surface area contributed by atoms with Crippen molar-refractivity contribution in [1.29, 1.82) is 10.5 Å². The number of hydrogen-bond donors (Lipinski definition) is 1. The quantitative estimate of drug-likeness (QED) is 0.679. The van der Waals surface area contributed by atoms with Crippen LogP contribution in [0.4, 0.5) is 5.69 Å². The predicted octanol–water partition coefficient (Wildman–Crippen LogP) is 3.13. The molecule has 2 rings (SSSR count). The summed E-state index contributed by atoms with van der Waals surface area (Å²) in [4.78, 5) is 12.2. The molecule has 0 atom stereocenters. The maximum absolute atomic E-state index is 12.2. The normalized spacial score (nSPS) is 10.3. The number of carbonyl (C=O) groups excluding carboxylic acids is 1. The third-order valence-corrected chi connectivity index (χ3v) is 2.91. The molecule has 5 heteroatoms. The average molecular weight is 303 g/mol. The highest BCUT2D eigenvalue weighted by molar-refractivity contribution is 6.09. The second-order valence-electron chi connectivity index (χ2n) is 4.47. The van der Waals surface area contributed by atoms with Crippen LogP contribution in [0.5, 0.6) is 5.75 Å². The van der Waals surface area contributed by atoms with Crippen LogP contribution in [0.2, 0.25) is 0 Å². The van der Waals surface area contributed by atoms with Gasteiger partial charge in [0.15, 0.2) is 6.61 Å². The van der Waals surface area contributed by atoms with Gasteiger partial charge in [0.2, 0.25) is 0 Å². The van der Waals surface area contributed by atoms with Crippen molar-refractivity contribution in [3.63, 3.8) is 0 Å². The van der Waals surface area contributed by atoms with Crippen LogP contribution in [0.1, 0.15) is 5.56 Å². The fourth-order valence-corrected chi connectivity index (χ4v) is 1.87. The monoisotopic (exact) mass is 303 g/mol. The van der Waals surface area contributed by atoms with Crippen LogP contribution in [0, 0.1) is 22.7 Å². The zero-order valence-electron chi connectivity index (χ0n) is 12.2. The number of benzene rings is 2. The van der Waals surface area contributed by atoms with E-state index in [0.29, 0.717) is 17.0 Å². The van der Waals surface area contributed by atoms with Gasteiger partial charge in [-0.05, 0) is 24.3 Å². The summed E-state index contributed by atoms with van der Waals surface area (Å²) in [6, 6.07) is 19.5. The summed E-state index contributed by atoms with van der Waals surface area (Å²) in [5.74, 6) is -0.0666. The van der Waals surface area contributed by atoms with E-state index in [2.05, 4.69) is 5.32 Å². The van der Waals surface area contributed by atoms with Crippen LogP contribution >= 0.6 is 0 Å². The molecule has 0 bridgehead atoms. The first-order valence-corrected chi connectivity index (χ1v) is 6.81. The zero-order valence-corrected chi connectivity index (χ0v) is 12.2. The first-order chi connectivity index (χ1) is 11.2. The van der Waals surface area contributed by atoms with Gasteiger partial charge in [-0.15, -0.1) is 0 Å². The molecule has 5 nitrogen and oxygen atoms in total. The lowest BCUT2D eigenvalue weighted by Crippen LogP contribution is -2.13. The van der Waals surface area contributed by atoms with E-state index in [0.717, 1.165) is 0 Å². The van der Waals surface area contributed by atoms with Crippen molar-refractivity contribution in [3.05, 3.63) is 65.7 Å². The summed E-state index contributed by atoms with van der Waals surface area (Å²) < 4.78 is 5.28. The van der Waals surface area contributed by atoms with E-state index in [9.17, 15) is 10.1 Å². The van der Waals surface area contributed by atoms with Gasteiger partial charge >= 0.3 is 0 Å². The van der Waals surface area contributed by atoms with Crippen molar-refractivity contribution in [3.8, 4) is 17.9 Å². The molecule has 0 aliphatic heterocycles. The van der Waals surface area contributed by atoms with Crippen LogP contribution < -0.4 is 10.1 Å². The molecule has 0 spiro atoms. The number of rotatable bonds is 5. The van der Waals surface area contributed by atoms with Gasteiger partial charge in [0, 0.05) is 11.3 Å². The SMILES string of the molecule is N#CCOc1ccccc1/C=C(\C#N)C(=O)Nc1ccccc1. The Hall–Kier alpha value is -3.57. The molecule has 0 saturated heterocycles. The van der Waals surface area contributed by atoms with Gasteiger partial charge in [-0.3, -0.25) is 4.79 Å². The summed E-state index contributed by atoms with van der Waals surface area (Å²) >= 11 is 0. The molecule has 0 aliphatic carbocycles. The maximum atomic E-state index is 12.2. The van der Waals surface area contributed by atoms with E-state index in [1.807, 2.05) is 18.2 Å². The minimum Gasteiger partial charge on any atom is -0.478 e. The molecule has 0 unspecified atom stereocenters. The molecule has 1 N–H and O–H groups in total. The minimum atomic E-state index is -0.506. The summed E-state index contributed by atoms with van der Waals surface area (Å²) in [6.07, 6.45) is 1.44. The number of carbonyl (C=O) groups is 1. The first kappa shape index (κ1) is 15.8. The number of hydrogen-bond acceptors (Lipinski definition) is 4. The van der Waals surface area contributed by atoms with Gasteiger partial charge in [-0.2, -0.15) is 10.5 Å². The molecule has 0 aromatic heterocycles. The number of nitrogens with zero attached hydrogens (tertiary/aromatic N) is 2. The van der Waals surface area contributed by atoms with Crippen LogP contribution in [-0.4, -0.2) is 12.5 Å². The van der Waals surface area contributed by atoms with E-state index in [1.54, 1.807) is 48.5 Å². The molecule has 0 radical (unpaired) electrons. The highest BCUT2D eigenvalue weighted by Crippen LogP contribution is 2.21. The topological polar surface area (TPSA) is 85.9 Å². The Morgan fingerprint density at radius 2 is 1.78 bits per heavy atom. The molecule has 112 valence electrons. The first-order valence-electron chi connectivity index (χ1n) is 6.81. The van der Waals surface area contributed by atoms with Crippen molar-refractivity contribution in [2.24, 2.45) is 0 Å². The highest BCUT2D eigenvalue weighted by atomic mass is 16.5. The molecule has 0 saturated carbocycles. The smallest absolute Gasteiger partial charge is 0.266 e. The number of para-hydroxylation sites is 2. The molecule has 2 aromatic carbocycles. The Labute approximate surface area is 134 Å². The van der Waals surface area contributed by atoms with Crippen LogP contribution in [0.15, 0.2) is 60.2 Å². The Morgan fingerprint density at radius 3 is 2.48 bits per heavy atom. The van der Waals surface area contributed by atoms with Crippen molar-refractivity contribution in [1.82, 2.24) is 0 Å². The summed E-state index contributed by atoms with van der Waals surface area (Å²) in [6.45, 7) is -0.108. The summed E-state index contributed by atoms with van der Waals surface area (Å²) in [5, 5.41) is 20.5. The fourth-order valence-electron chi connectivity index (χ4n) is 1.87. The number of nitrogens with one attached hydrogen (secondary N) is 1. The Kier molecular flexibility index (Phi) is 5.51. The summed E-state index contributed by atoms with van der Waals surface area (Å²) in [7, 11) is 0. The standard InChI is InChI=1S/C18H13N3O2/c19-10-11-23-17-9-5-4-6-14(17)12-15(13-20)18(22)21-16-7-2-1-3-8-16/h1-9,12H,11H2,(H,21,22)/b15-12+. The average Bonchev–Trinajstić information content (AvgIpc) is 2.59. The van der Waals surface area contributed by atoms with Crippen LogP contribution in [0.3, 0.4) is 0 Å². The second kappa shape index (κ2) is 8.02. The van der Waals surface area contributed by atoms with E-state index < -0.39 is 5.91 Å². The molecule has 0 heterocycles. The molecule has 0 aliphatic rings. The van der Waals surface area contributed by atoms with E-state index in [4.69, 9.17) is 10.00 Å². The second-order valence-corrected chi connectivity index (χ2v) is 4.47. The van der Waals surface area contributed by atoms with Gasteiger partial charge in [-0.25, -0.2) is 0 Å². The number of amides is 1. The molecule has 23 heavy (non-hydrogen) atoms. The predicted molar refractivity (Wildman–Crippen MR) is 86.2 cm³/mol. The lowest BCUT2D eigenvalue weighted by Gasteiger charge is -2.07. The van der Waals surface area contributed by atoms with Crippen molar-refractivity contribution in [2.75, 3.05) is 11.9 Å². The largest absolute Gasteiger partial charge is 0.478 e. The molecular formula is C18H13N3O2. The van der Waals surface area contributed by atoms with Crippen molar-refractivity contribution >= 4 is 17.7 Å². The Bertz CT molecular complexity index is 799. The van der Waals surface area contributed by atoms with Crippen LogP contribution in [0.25, 0.3) is 6.08 Å². The van der Waals surface area contributed by atoms with Gasteiger partial charge in [0.25, 0.3) is 5.91 Å². The van der Waals surface area contributed by atoms with Crippen molar-refractivity contribution in [2.45, 2.75) is 0 Å². The molecule has 0 fully saturated rings.